The topological polar surface area (TPSA) is 81.4 Å². The van der Waals surface area contributed by atoms with Crippen molar-refractivity contribution in [2.24, 2.45) is 0 Å². The van der Waals surface area contributed by atoms with Crippen molar-refractivity contribution in [1.29, 1.82) is 0 Å². The zero-order valence-corrected chi connectivity index (χ0v) is 11.1. The third-order valence-corrected chi connectivity index (χ3v) is 3.12. The molecule has 1 N–H and O–H groups in total. The lowest BCUT2D eigenvalue weighted by Gasteiger charge is -2.06. The summed E-state index contributed by atoms with van der Waals surface area (Å²) in [6, 6.07) is 8.02. The molecule has 7 nitrogen and oxygen atoms in total. The Morgan fingerprint density at radius 2 is 2.05 bits per heavy atom. The summed E-state index contributed by atoms with van der Waals surface area (Å²) in [6.45, 7) is 0. The number of aromatic amines is 1. The van der Waals surface area contributed by atoms with Gasteiger partial charge in [0.05, 0.1) is 17.8 Å². The molecule has 102 valence electrons. The predicted molar refractivity (Wildman–Crippen MR) is 73.0 cm³/mol. The van der Waals surface area contributed by atoms with Crippen LogP contribution in [0.2, 0.25) is 5.02 Å². The van der Waals surface area contributed by atoms with Gasteiger partial charge in [0.25, 0.3) is 0 Å². The van der Waals surface area contributed by atoms with Gasteiger partial charge in [-0.2, -0.15) is 4.52 Å². The molecule has 2 aromatic heterocycles. The van der Waals surface area contributed by atoms with Crippen LogP contribution in [0.4, 0.5) is 0 Å². The molecular weight excluding hydrogens is 284 g/mol. The van der Waals surface area contributed by atoms with Crippen LogP contribution in [-0.4, -0.2) is 26.3 Å². The summed E-state index contributed by atoms with van der Waals surface area (Å²) >= 11 is 6.02. The first-order chi connectivity index (χ1) is 9.61. The highest BCUT2D eigenvalue weighted by molar-refractivity contribution is 6.32. The molecule has 3 aromatic rings. The fourth-order valence-corrected chi connectivity index (χ4v) is 2.11. The second-order valence-electron chi connectivity index (χ2n) is 3.98. The van der Waals surface area contributed by atoms with Gasteiger partial charge in [0, 0.05) is 6.07 Å². The summed E-state index contributed by atoms with van der Waals surface area (Å²) in [7, 11) is 1.42. The van der Waals surface area contributed by atoms with Gasteiger partial charge < -0.3 is 4.74 Å². The molecule has 20 heavy (non-hydrogen) atoms. The number of halogens is 1. The first kappa shape index (κ1) is 12.5. The Labute approximate surface area is 117 Å². The summed E-state index contributed by atoms with van der Waals surface area (Å²) in [5.74, 6) is 0.231. The van der Waals surface area contributed by atoms with Crippen molar-refractivity contribution in [1.82, 2.24) is 19.2 Å². The van der Waals surface area contributed by atoms with E-state index in [1.807, 2.05) is 0 Å². The normalized spacial score (nSPS) is 10.9. The molecule has 0 atom stereocenters. The maximum Gasteiger partial charge on any atom is 0.359 e. The van der Waals surface area contributed by atoms with E-state index in [9.17, 15) is 9.59 Å². The third kappa shape index (κ3) is 1.79. The minimum absolute atomic E-state index is 0.231. The molecule has 0 saturated heterocycles. The van der Waals surface area contributed by atoms with Crippen molar-refractivity contribution >= 4 is 17.2 Å². The van der Waals surface area contributed by atoms with Gasteiger partial charge >= 0.3 is 11.4 Å². The number of rotatable bonds is 2. The van der Waals surface area contributed by atoms with Crippen molar-refractivity contribution in [3.8, 4) is 11.6 Å². The van der Waals surface area contributed by atoms with Gasteiger partial charge in [0.2, 0.25) is 5.88 Å². The van der Waals surface area contributed by atoms with Crippen LogP contribution < -0.4 is 16.1 Å². The molecule has 8 heteroatoms. The van der Waals surface area contributed by atoms with Gasteiger partial charge in [0.15, 0.2) is 0 Å². The Morgan fingerprint density at radius 3 is 2.75 bits per heavy atom. The highest BCUT2D eigenvalue weighted by atomic mass is 35.5. The first-order valence-electron chi connectivity index (χ1n) is 5.66. The van der Waals surface area contributed by atoms with E-state index in [0.717, 1.165) is 9.08 Å². The Morgan fingerprint density at radius 1 is 1.30 bits per heavy atom. The van der Waals surface area contributed by atoms with E-state index in [4.69, 9.17) is 16.3 Å². The van der Waals surface area contributed by atoms with Crippen molar-refractivity contribution in [2.45, 2.75) is 0 Å². The number of aromatic nitrogens is 4. The summed E-state index contributed by atoms with van der Waals surface area (Å²) in [5, 5.41) is 4.23. The van der Waals surface area contributed by atoms with Gasteiger partial charge in [-0.05, 0) is 12.1 Å². The summed E-state index contributed by atoms with van der Waals surface area (Å²) in [5.41, 5.74) is -0.685. The second kappa shape index (κ2) is 4.53. The summed E-state index contributed by atoms with van der Waals surface area (Å²) < 4.78 is 6.90. The molecular formula is C12H9ClN4O3. The zero-order chi connectivity index (χ0) is 14.3. The number of nitrogens with zero attached hydrogens (tertiary/aromatic N) is 3. The molecule has 0 saturated carbocycles. The van der Waals surface area contributed by atoms with Crippen molar-refractivity contribution < 1.29 is 4.74 Å². The maximum absolute atomic E-state index is 12.4. The number of nitrogens with one attached hydrogen (secondary N) is 1. The van der Waals surface area contributed by atoms with Gasteiger partial charge in [-0.25, -0.2) is 14.2 Å². The number of fused-ring (bicyclic) bond motifs is 1. The van der Waals surface area contributed by atoms with Crippen LogP contribution in [0.5, 0.6) is 5.88 Å². The Kier molecular flexibility index (Phi) is 2.83. The number of benzene rings is 1. The molecule has 0 fully saturated rings. The smallest absolute Gasteiger partial charge is 0.359 e. The quantitative estimate of drug-likeness (QED) is 0.759. The highest BCUT2D eigenvalue weighted by Crippen LogP contribution is 2.16. The van der Waals surface area contributed by atoms with Gasteiger partial charge in [-0.15, -0.1) is 5.10 Å². The molecule has 3 rings (SSSR count). The van der Waals surface area contributed by atoms with Crippen LogP contribution in [-0.2, 0) is 0 Å². The molecule has 1 aromatic carbocycles. The van der Waals surface area contributed by atoms with E-state index in [2.05, 4.69) is 10.1 Å². The number of ether oxygens (including phenoxy) is 1. The van der Waals surface area contributed by atoms with Crippen LogP contribution in [0.1, 0.15) is 0 Å². The van der Waals surface area contributed by atoms with Crippen molar-refractivity contribution in [2.75, 3.05) is 7.11 Å². The van der Waals surface area contributed by atoms with Gasteiger partial charge in [0.1, 0.15) is 5.65 Å². The number of hydrogen-bond acceptors (Lipinski definition) is 4. The lowest BCUT2D eigenvalue weighted by atomic mass is 10.3. The largest absolute Gasteiger partial charge is 0.480 e. The van der Waals surface area contributed by atoms with Crippen molar-refractivity contribution in [3.05, 3.63) is 56.3 Å². The maximum atomic E-state index is 12.4. The third-order valence-electron chi connectivity index (χ3n) is 2.80. The van der Waals surface area contributed by atoms with Crippen LogP contribution in [0.25, 0.3) is 11.3 Å². The monoisotopic (exact) mass is 292 g/mol. The van der Waals surface area contributed by atoms with Gasteiger partial charge in [-0.3, -0.25) is 4.98 Å². The molecule has 0 aliphatic carbocycles. The minimum atomic E-state index is -0.625. The zero-order valence-electron chi connectivity index (χ0n) is 10.3. The molecule has 0 amide bonds. The van der Waals surface area contributed by atoms with Gasteiger partial charge in [-0.1, -0.05) is 23.7 Å². The van der Waals surface area contributed by atoms with Crippen molar-refractivity contribution in [3.63, 3.8) is 0 Å². The van der Waals surface area contributed by atoms with E-state index < -0.39 is 11.4 Å². The summed E-state index contributed by atoms with van der Waals surface area (Å²) in [4.78, 5) is 27.0. The molecule has 0 bridgehead atoms. The van der Waals surface area contributed by atoms with Crippen LogP contribution in [0.3, 0.4) is 0 Å². The fourth-order valence-electron chi connectivity index (χ4n) is 1.89. The number of methoxy groups -OCH3 is 1. The lowest BCUT2D eigenvalue weighted by molar-refractivity contribution is 0.394. The predicted octanol–water partition coefficient (Wildman–Crippen LogP) is 0.835. The molecule has 0 unspecified atom stereocenters. The van der Waals surface area contributed by atoms with E-state index >= 15 is 0 Å². The standard InChI is InChI=1S/C12H9ClN4O3/c1-20-10-6-9-14-11(18)16(12(19)17(9)15-10)8-5-3-2-4-7(8)13/h2-6H,1H3,(H,14,18). The average Bonchev–Trinajstić information content (AvgIpc) is 2.84. The van der Waals surface area contributed by atoms with E-state index in [1.165, 1.54) is 13.2 Å². The summed E-state index contributed by atoms with van der Waals surface area (Å²) in [6.07, 6.45) is 0. The van der Waals surface area contributed by atoms with E-state index in [1.54, 1.807) is 24.3 Å². The molecule has 0 radical (unpaired) electrons. The Hall–Kier alpha value is -2.54. The second-order valence-corrected chi connectivity index (χ2v) is 4.39. The van der Waals surface area contributed by atoms with E-state index in [0.29, 0.717) is 5.02 Å². The number of para-hydroxylation sites is 1. The Bertz CT molecular complexity index is 909. The fraction of sp³-hybridized carbons (Fsp3) is 0.0833. The van der Waals surface area contributed by atoms with Crippen LogP contribution in [0.15, 0.2) is 39.9 Å². The lowest BCUT2D eigenvalue weighted by Crippen LogP contribution is -2.38. The molecule has 0 spiro atoms. The highest BCUT2D eigenvalue weighted by Gasteiger charge is 2.13. The number of hydrogen-bond donors (Lipinski definition) is 1. The Balaban J connectivity index is 2.40. The molecule has 2 heterocycles. The van der Waals surface area contributed by atoms with Crippen LogP contribution in [0, 0.1) is 0 Å². The molecule has 0 aliphatic rings. The number of H-pyrrole nitrogens is 1. The first-order valence-corrected chi connectivity index (χ1v) is 6.03. The average molecular weight is 293 g/mol. The minimum Gasteiger partial charge on any atom is -0.480 e. The van der Waals surface area contributed by atoms with Crippen LogP contribution >= 0.6 is 11.6 Å². The SMILES string of the molecule is COc1cc2[nH]c(=O)n(-c3ccccc3Cl)c(=O)n2n1. The molecule has 0 aliphatic heterocycles. The van der Waals surface area contributed by atoms with E-state index in [-0.39, 0.29) is 17.2 Å².